The van der Waals surface area contributed by atoms with Crippen LogP contribution in [-0.4, -0.2) is 53.6 Å². The number of benzene rings is 1. The highest BCUT2D eigenvalue weighted by Gasteiger charge is 2.24. The number of aliphatic hydroxyl groups is 2. The molecule has 22 heavy (non-hydrogen) atoms. The summed E-state index contributed by atoms with van der Waals surface area (Å²) in [4.78, 5) is 2.19. The van der Waals surface area contributed by atoms with E-state index >= 15 is 0 Å². The van der Waals surface area contributed by atoms with E-state index in [2.05, 4.69) is 30.9 Å². The lowest BCUT2D eigenvalue weighted by molar-refractivity contribution is 0.0230. The Morgan fingerprint density at radius 3 is 2.68 bits per heavy atom. The number of hydrogen-bond donors (Lipinski definition) is 2. The average molecular weight is 307 g/mol. The van der Waals surface area contributed by atoms with E-state index in [0.29, 0.717) is 13.2 Å². The zero-order valence-corrected chi connectivity index (χ0v) is 14.0. The molecule has 2 rings (SSSR count). The second kappa shape index (κ2) is 7.95. The van der Waals surface area contributed by atoms with Gasteiger partial charge in [0.05, 0.1) is 6.61 Å². The van der Waals surface area contributed by atoms with Crippen LogP contribution in [-0.2, 0) is 0 Å². The first-order chi connectivity index (χ1) is 10.5. The minimum absolute atomic E-state index is 0.170. The van der Waals surface area contributed by atoms with Gasteiger partial charge in [0.15, 0.2) is 0 Å². The molecule has 4 heteroatoms. The van der Waals surface area contributed by atoms with Crippen molar-refractivity contribution in [2.24, 2.45) is 0 Å². The zero-order chi connectivity index (χ0) is 16.1. The molecular weight excluding hydrogens is 278 g/mol. The first-order valence-electron chi connectivity index (χ1n) is 8.25. The molecule has 0 aliphatic carbocycles. The minimum Gasteiger partial charge on any atom is -0.490 e. The number of ether oxygens (including phenoxy) is 1. The Balaban J connectivity index is 1.90. The lowest BCUT2D eigenvalue weighted by Gasteiger charge is -2.35. The van der Waals surface area contributed by atoms with Gasteiger partial charge in [0.2, 0.25) is 0 Å². The normalized spacial score (nSPS) is 20.9. The summed E-state index contributed by atoms with van der Waals surface area (Å²) < 4.78 is 5.88. The van der Waals surface area contributed by atoms with E-state index in [0.717, 1.165) is 42.7 Å². The van der Waals surface area contributed by atoms with E-state index in [1.165, 1.54) is 5.56 Å². The van der Waals surface area contributed by atoms with Crippen molar-refractivity contribution in [2.45, 2.75) is 52.2 Å². The van der Waals surface area contributed by atoms with Gasteiger partial charge in [0.25, 0.3) is 0 Å². The summed E-state index contributed by atoms with van der Waals surface area (Å²) in [6.07, 6.45) is 2.78. The third kappa shape index (κ3) is 4.22. The van der Waals surface area contributed by atoms with Crippen LogP contribution in [0.2, 0.25) is 0 Å². The van der Waals surface area contributed by atoms with E-state index in [9.17, 15) is 10.2 Å². The van der Waals surface area contributed by atoms with Gasteiger partial charge in [0.1, 0.15) is 18.5 Å². The van der Waals surface area contributed by atoms with Crippen LogP contribution < -0.4 is 4.74 Å². The number of aryl methyl sites for hydroxylation is 2. The van der Waals surface area contributed by atoms with Crippen LogP contribution in [0, 0.1) is 20.8 Å². The van der Waals surface area contributed by atoms with Crippen molar-refractivity contribution in [1.82, 2.24) is 4.90 Å². The SMILES string of the molecule is Cc1ccc(C)c(OC[C@@H](O)CN2CCCC[C@@H]2CO)c1C. The Morgan fingerprint density at radius 1 is 1.23 bits per heavy atom. The molecule has 0 aromatic heterocycles. The van der Waals surface area contributed by atoms with E-state index in [1.54, 1.807) is 0 Å². The molecule has 0 radical (unpaired) electrons. The van der Waals surface area contributed by atoms with Gasteiger partial charge in [-0.2, -0.15) is 0 Å². The molecule has 1 heterocycles. The van der Waals surface area contributed by atoms with Gasteiger partial charge in [0, 0.05) is 12.6 Å². The van der Waals surface area contributed by atoms with Gasteiger partial charge in [-0.05, 0) is 56.8 Å². The standard InChI is InChI=1S/C18H29NO3/c1-13-7-8-14(2)18(15(13)3)22-12-17(21)10-19-9-5-4-6-16(19)11-20/h7-8,16-17,20-21H,4-6,9-12H2,1-3H3/t16-,17+/m1/s1. The van der Waals surface area contributed by atoms with Crippen LogP contribution in [0.3, 0.4) is 0 Å². The number of nitrogens with zero attached hydrogens (tertiary/aromatic N) is 1. The molecule has 0 bridgehead atoms. The van der Waals surface area contributed by atoms with Crippen molar-refractivity contribution in [3.8, 4) is 5.75 Å². The summed E-state index contributed by atoms with van der Waals surface area (Å²) in [5.74, 6) is 0.886. The minimum atomic E-state index is -0.536. The Labute approximate surface area is 133 Å². The van der Waals surface area contributed by atoms with Gasteiger partial charge in [-0.1, -0.05) is 18.6 Å². The smallest absolute Gasteiger partial charge is 0.125 e. The molecule has 0 saturated carbocycles. The quantitative estimate of drug-likeness (QED) is 0.846. The Hall–Kier alpha value is -1.10. The monoisotopic (exact) mass is 307 g/mol. The largest absolute Gasteiger partial charge is 0.490 e. The molecule has 2 N–H and O–H groups in total. The Kier molecular flexibility index (Phi) is 6.24. The predicted molar refractivity (Wildman–Crippen MR) is 88.5 cm³/mol. The van der Waals surface area contributed by atoms with E-state index < -0.39 is 6.10 Å². The topological polar surface area (TPSA) is 52.9 Å². The molecule has 1 aliphatic heterocycles. The van der Waals surface area contributed by atoms with Crippen molar-refractivity contribution in [3.63, 3.8) is 0 Å². The summed E-state index contributed by atoms with van der Waals surface area (Å²) in [5.41, 5.74) is 3.44. The Morgan fingerprint density at radius 2 is 1.95 bits per heavy atom. The second-order valence-electron chi connectivity index (χ2n) is 6.45. The molecule has 1 aliphatic rings. The van der Waals surface area contributed by atoms with Crippen LogP contribution in [0.4, 0.5) is 0 Å². The van der Waals surface area contributed by atoms with Crippen molar-refractivity contribution >= 4 is 0 Å². The third-order valence-electron chi connectivity index (χ3n) is 4.70. The van der Waals surface area contributed by atoms with Crippen LogP contribution in [0.25, 0.3) is 0 Å². The van der Waals surface area contributed by atoms with Crippen LogP contribution >= 0.6 is 0 Å². The summed E-state index contributed by atoms with van der Waals surface area (Å²) in [7, 11) is 0. The second-order valence-corrected chi connectivity index (χ2v) is 6.45. The zero-order valence-electron chi connectivity index (χ0n) is 14.0. The van der Waals surface area contributed by atoms with Crippen molar-refractivity contribution in [3.05, 3.63) is 28.8 Å². The highest BCUT2D eigenvalue weighted by Crippen LogP contribution is 2.26. The van der Waals surface area contributed by atoms with E-state index in [4.69, 9.17) is 4.74 Å². The maximum Gasteiger partial charge on any atom is 0.125 e. The molecule has 2 atom stereocenters. The molecule has 0 amide bonds. The summed E-state index contributed by atoms with van der Waals surface area (Å²) in [6, 6.07) is 4.33. The summed E-state index contributed by atoms with van der Waals surface area (Å²) >= 11 is 0. The van der Waals surface area contributed by atoms with Crippen molar-refractivity contribution in [1.29, 1.82) is 0 Å². The molecule has 1 aromatic carbocycles. The van der Waals surface area contributed by atoms with Crippen LogP contribution in [0.15, 0.2) is 12.1 Å². The number of aliphatic hydroxyl groups excluding tert-OH is 2. The highest BCUT2D eigenvalue weighted by atomic mass is 16.5. The van der Waals surface area contributed by atoms with Gasteiger partial charge >= 0.3 is 0 Å². The van der Waals surface area contributed by atoms with E-state index in [-0.39, 0.29) is 12.6 Å². The van der Waals surface area contributed by atoms with Crippen LogP contribution in [0.1, 0.15) is 36.0 Å². The van der Waals surface area contributed by atoms with Crippen LogP contribution in [0.5, 0.6) is 5.75 Å². The lowest BCUT2D eigenvalue weighted by atomic mass is 10.0. The predicted octanol–water partition coefficient (Wildman–Crippen LogP) is 2.20. The van der Waals surface area contributed by atoms with Crippen molar-refractivity contribution < 1.29 is 14.9 Å². The number of piperidine rings is 1. The maximum absolute atomic E-state index is 10.3. The van der Waals surface area contributed by atoms with Gasteiger partial charge in [-0.3, -0.25) is 4.90 Å². The fourth-order valence-electron chi connectivity index (χ4n) is 3.16. The molecule has 0 spiro atoms. The lowest BCUT2D eigenvalue weighted by Crippen LogP contribution is -2.46. The molecule has 1 aromatic rings. The van der Waals surface area contributed by atoms with Crippen molar-refractivity contribution in [2.75, 3.05) is 26.3 Å². The first kappa shape index (κ1) is 17.3. The molecular formula is C18H29NO3. The maximum atomic E-state index is 10.3. The molecule has 1 saturated heterocycles. The molecule has 1 fully saturated rings. The number of β-amino-alcohol motifs (C(OH)–C–C–N with tert-alkyl or cyclic N) is 1. The summed E-state index contributed by atoms with van der Waals surface area (Å²) in [6.45, 7) is 8.12. The fourth-order valence-corrected chi connectivity index (χ4v) is 3.16. The molecule has 124 valence electrons. The molecule has 4 nitrogen and oxygen atoms in total. The fraction of sp³-hybridized carbons (Fsp3) is 0.667. The number of hydrogen-bond acceptors (Lipinski definition) is 4. The first-order valence-corrected chi connectivity index (χ1v) is 8.25. The highest BCUT2D eigenvalue weighted by molar-refractivity contribution is 5.44. The van der Waals surface area contributed by atoms with Gasteiger partial charge < -0.3 is 14.9 Å². The Bertz CT molecular complexity index is 489. The van der Waals surface area contributed by atoms with E-state index in [1.807, 2.05) is 6.92 Å². The van der Waals surface area contributed by atoms with Gasteiger partial charge in [-0.25, -0.2) is 0 Å². The van der Waals surface area contributed by atoms with Gasteiger partial charge in [-0.15, -0.1) is 0 Å². The third-order valence-corrected chi connectivity index (χ3v) is 4.70. The molecule has 0 unspecified atom stereocenters. The number of rotatable bonds is 6. The summed E-state index contributed by atoms with van der Waals surface area (Å²) in [5, 5.41) is 19.7. The number of likely N-dealkylation sites (tertiary alicyclic amines) is 1. The average Bonchev–Trinajstić information content (AvgIpc) is 2.51.